The second-order valence-electron chi connectivity index (χ2n) is 4.25. The molecule has 16 heavy (non-hydrogen) atoms. The van der Waals surface area contributed by atoms with Gasteiger partial charge in [-0.15, -0.1) is 0 Å². The zero-order valence-electron chi connectivity index (χ0n) is 9.11. The van der Waals surface area contributed by atoms with Crippen LogP contribution < -0.4 is 0 Å². The lowest BCUT2D eigenvalue weighted by atomic mass is 10.1. The highest BCUT2D eigenvalue weighted by Gasteiger charge is 2.24. The highest BCUT2D eigenvalue weighted by molar-refractivity contribution is 5.90. The molecule has 2 nitrogen and oxygen atoms in total. The third-order valence-electron chi connectivity index (χ3n) is 1.61. The Kier molecular flexibility index (Phi) is 3.26. The van der Waals surface area contributed by atoms with Crippen LogP contribution in [-0.2, 0) is 4.74 Å². The summed E-state index contributed by atoms with van der Waals surface area (Å²) < 4.78 is 43.7. The SMILES string of the molecule is CC(C)(C)OC(=O)c1c(F)cc(F)cc1F. The molecule has 1 aromatic carbocycles. The van der Waals surface area contributed by atoms with Crippen LogP contribution in [-0.4, -0.2) is 11.6 Å². The maximum atomic E-state index is 13.2. The fraction of sp³-hybridized carbons (Fsp3) is 0.364. The average molecular weight is 232 g/mol. The van der Waals surface area contributed by atoms with Crippen LogP contribution in [0.4, 0.5) is 13.2 Å². The quantitative estimate of drug-likeness (QED) is 0.695. The summed E-state index contributed by atoms with van der Waals surface area (Å²) in [6.45, 7) is 4.68. The number of carbonyl (C=O) groups is 1. The van der Waals surface area contributed by atoms with Crippen molar-refractivity contribution in [1.82, 2.24) is 0 Å². The van der Waals surface area contributed by atoms with Crippen molar-refractivity contribution >= 4 is 5.97 Å². The fourth-order valence-corrected chi connectivity index (χ4v) is 1.07. The Morgan fingerprint density at radius 3 is 1.94 bits per heavy atom. The van der Waals surface area contributed by atoms with Crippen molar-refractivity contribution in [2.45, 2.75) is 26.4 Å². The molecule has 0 saturated heterocycles. The highest BCUT2D eigenvalue weighted by Crippen LogP contribution is 2.18. The molecule has 0 radical (unpaired) electrons. The van der Waals surface area contributed by atoms with E-state index in [4.69, 9.17) is 4.74 Å². The van der Waals surface area contributed by atoms with E-state index in [0.717, 1.165) is 0 Å². The molecule has 5 heteroatoms. The van der Waals surface area contributed by atoms with E-state index in [1.54, 1.807) is 20.8 Å². The summed E-state index contributed by atoms with van der Waals surface area (Å²) in [5.74, 6) is -4.77. The van der Waals surface area contributed by atoms with Gasteiger partial charge in [-0.3, -0.25) is 0 Å². The molecular weight excluding hydrogens is 221 g/mol. The smallest absolute Gasteiger partial charge is 0.344 e. The van der Waals surface area contributed by atoms with Gasteiger partial charge in [-0.2, -0.15) is 0 Å². The molecule has 0 bridgehead atoms. The van der Waals surface area contributed by atoms with E-state index in [1.807, 2.05) is 0 Å². The summed E-state index contributed by atoms with van der Waals surface area (Å²) in [4.78, 5) is 11.4. The van der Waals surface area contributed by atoms with Crippen LogP contribution in [0.2, 0.25) is 0 Å². The number of halogens is 3. The normalized spacial score (nSPS) is 11.4. The molecule has 1 rings (SSSR count). The van der Waals surface area contributed by atoms with E-state index in [9.17, 15) is 18.0 Å². The summed E-state index contributed by atoms with van der Waals surface area (Å²) in [5, 5.41) is 0. The number of hydrogen-bond acceptors (Lipinski definition) is 2. The Labute approximate surface area is 91.0 Å². The van der Waals surface area contributed by atoms with E-state index < -0.39 is 34.6 Å². The zero-order valence-corrected chi connectivity index (χ0v) is 9.11. The molecule has 1 aromatic rings. The minimum Gasteiger partial charge on any atom is -0.456 e. The van der Waals surface area contributed by atoms with Crippen molar-refractivity contribution in [3.63, 3.8) is 0 Å². The van der Waals surface area contributed by atoms with Crippen molar-refractivity contribution in [3.05, 3.63) is 35.1 Å². The van der Waals surface area contributed by atoms with Crippen molar-refractivity contribution in [2.75, 3.05) is 0 Å². The summed E-state index contributed by atoms with van der Waals surface area (Å²) in [6.07, 6.45) is 0. The molecule has 0 aliphatic heterocycles. The van der Waals surface area contributed by atoms with Gasteiger partial charge in [0.2, 0.25) is 0 Å². The molecule has 0 aliphatic carbocycles. The predicted octanol–water partition coefficient (Wildman–Crippen LogP) is 3.06. The number of hydrogen-bond donors (Lipinski definition) is 0. The maximum absolute atomic E-state index is 13.2. The lowest BCUT2D eigenvalue weighted by Crippen LogP contribution is -2.25. The standard InChI is InChI=1S/C11H11F3O2/c1-11(2,3)16-10(15)9-7(13)4-6(12)5-8(9)14/h4-5H,1-3H3. The number of ether oxygens (including phenoxy) is 1. The first kappa shape index (κ1) is 12.5. The van der Waals surface area contributed by atoms with E-state index in [1.165, 1.54) is 0 Å². The molecule has 0 heterocycles. The van der Waals surface area contributed by atoms with Gasteiger partial charge >= 0.3 is 5.97 Å². The topological polar surface area (TPSA) is 26.3 Å². The first-order chi connectivity index (χ1) is 7.20. The number of carbonyl (C=O) groups excluding carboxylic acids is 1. The van der Waals surface area contributed by atoms with Crippen LogP contribution in [0.5, 0.6) is 0 Å². The molecular formula is C11H11F3O2. The third-order valence-corrected chi connectivity index (χ3v) is 1.61. The molecule has 88 valence electrons. The zero-order chi connectivity index (χ0) is 12.5. The van der Waals surface area contributed by atoms with Crippen LogP contribution in [0.1, 0.15) is 31.1 Å². The van der Waals surface area contributed by atoms with Gasteiger partial charge in [0.1, 0.15) is 28.6 Å². The second kappa shape index (κ2) is 4.15. The van der Waals surface area contributed by atoms with E-state index >= 15 is 0 Å². The minimum atomic E-state index is -1.27. The van der Waals surface area contributed by atoms with Gasteiger partial charge in [0.05, 0.1) is 0 Å². The Morgan fingerprint density at radius 1 is 1.12 bits per heavy atom. The van der Waals surface area contributed by atoms with Gasteiger partial charge in [-0.05, 0) is 20.8 Å². The van der Waals surface area contributed by atoms with Crippen LogP contribution >= 0.6 is 0 Å². The fourth-order valence-electron chi connectivity index (χ4n) is 1.07. The third kappa shape index (κ3) is 2.98. The summed E-state index contributed by atoms with van der Waals surface area (Å²) in [7, 11) is 0. The molecule has 0 aliphatic rings. The Hall–Kier alpha value is -1.52. The first-order valence-electron chi connectivity index (χ1n) is 4.58. The van der Waals surface area contributed by atoms with Gasteiger partial charge in [0, 0.05) is 12.1 Å². The summed E-state index contributed by atoms with van der Waals surface area (Å²) in [6, 6.07) is 0.866. The Balaban J connectivity index is 3.10. The number of rotatable bonds is 1. The molecule has 0 aromatic heterocycles. The summed E-state index contributed by atoms with van der Waals surface area (Å²) >= 11 is 0. The number of benzene rings is 1. The molecule has 0 N–H and O–H groups in total. The maximum Gasteiger partial charge on any atom is 0.344 e. The Bertz CT molecular complexity index is 399. The number of esters is 1. The van der Waals surface area contributed by atoms with E-state index in [-0.39, 0.29) is 0 Å². The lowest BCUT2D eigenvalue weighted by Gasteiger charge is -2.19. The van der Waals surface area contributed by atoms with Gasteiger partial charge < -0.3 is 4.74 Å². The van der Waals surface area contributed by atoms with E-state index in [0.29, 0.717) is 12.1 Å². The average Bonchev–Trinajstić information content (AvgIpc) is 1.96. The van der Waals surface area contributed by atoms with E-state index in [2.05, 4.69) is 0 Å². The van der Waals surface area contributed by atoms with Crippen LogP contribution in [0.15, 0.2) is 12.1 Å². The predicted molar refractivity (Wildman–Crippen MR) is 51.5 cm³/mol. The molecule has 0 atom stereocenters. The summed E-state index contributed by atoms with van der Waals surface area (Å²) in [5.41, 5.74) is -1.75. The molecule has 0 amide bonds. The second-order valence-corrected chi connectivity index (χ2v) is 4.25. The van der Waals surface area contributed by atoms with Crippen molar-refractivity contribution < 1.29 is 22.7 Å². The molecule has 0 spiro atoms. The highest BCUT2D eigenvalue weighted by atomic mass is 19.1. The van der Waals surface area contributed by atoms with Crippen molar-refractivity contribution in [3.8, 4) is 0 Å². The van der Waals surface area contributed by atoms with Gasteiger partial charge in [0.25, 0.3) is 0 Å². The molecule has 0 saturated carbocycles. The largest absolute Gasteiger partial charge is 0.456 e. The monoisotopic (exact) mass is 232 g/mol. The van der Waals surface area contributed by atoms with Crippen LogP contribution in [0.25, 0.3) is 0 Å². The van der Waals surface area contributed by atoms with Crippen LogP contribution in [0, 0.1) is 17.5 Å². The van der Waals surface area contributed by atoms with Crippen molar-refractivity contribution in [2.24, 2.45) is 0 Å². The molecule has 0 unspecified atom stereocenters. The van der Waals surface area contributed by atoms with Gasteiger partial charge in [-0.1, -0.05) is 0 Å². The van der Waals surface area contributed by atoms with Gasteiger partial charge in [0.15, 0.2) is 0 Å². The first-order valence-corrected chi connectivity index (χ1v) is 4.58. The minimum absolute atomic E-state index is 0.433. The van der Waals surface area contributed by atoms with Crippen molar-refractivity contribution in [1.29, 1.82) is 0 Å². The van der Waals surface area contributed by atoms with Gasteiger partial charge in [-0.25, -0.2) is 18.0 Å². The Morgan fingerprint density at radius 2 is 1.56 bits per heavy atom. The van der Waals surface area contributed by atoms with Crippen LogP contribution in [0.3, 0.4) is 0 Å². The lowest BCUT2D eigenvalue weighted by molar-refractivity contribution is 0.00594. The molecule has 0 fully saturated rings.